The van der Waals surface area contributed by atoms with E-state index >= 15 is 0 Å². The third-order valence-electron chi connectivity index (χ3n) is 6.64. The van der Waals surface area contributed by atoms with Crippen LogP contribution in [0.5, 0.6) is 0 Å². The summed E-state index contributed by atoms with van der Waals surface area (Å²) in [6.45, 7) is 6.45. The van der Waals surface area contributed by atoms with Gasteiger partial charge in [-0.3, -0.25) is 9.69 Å². The second kappa shape index (κ2) is 9.35. The number of piperidine rings is 1. The second-order valence-electron chi connectivity index (χ2n) is 8.48. The summed E-state index contributed by atoms with van der Waals surface area (Å²) in [5.41, 5.74) is 0.190. The highest BCUT2D eigenvalue weighted by atomic mass is 16.6. The zero-order valence-electron chi connectivity index (χ0n) is 17.9. The lowest BCUT2D eigenvalue weighted by Crippen LogP contribution is -2.62. The number of rotatable bonds is 3. The lowest BCUT2D eigenvalue weighted by Gasteiger charge is -2.47. The Balaban J connectivity index is 1.44. The minimum absolute atomic E-state index is 0.0971. The van der Waals surface area contributed by atoms with Crippen molar-refractivity contribution in [2.75, 3.05) is 50.8 Å². The molecule has 4 rings (SSSR count). The minimum atomic E-state index is -0.761. The molecule has 0 saturated carbocycles. The molecule has 30 heavy (non-hydrogen) atoms. The molecule has 1 atom stereocenters. The molecule has 3 fully saturated rings. The highest BCUT2D eigenvalue weighted by molar-refractivity contribution is 6.00. The molecule has 0 radical (unpaired) electrons. The van der Waals surface area contributed by atoms with Crippen LogP contribution < -0.4 is 4.90 Å². The first-order valence-electron chi connectivity index (χ1n) is 11.3. The Morgan fingerprint density at radius 2 is 1.90 bits per heavy atom. The molecule has 2 amide bonds. The predicted molar refractivity (Wildman–Crippen MR) is 115 cm³/mol. The Bertz CT molecular complexity index is 735. The van der Waals surface area contributed by atoms with Crippen molar-refractivity contribution in [3.05, 3.63) is 30.3 Å². The summed E-state index contributed by atoms with van der Waals surface area (Å²) in [6, 6.07) is 10.3. The summed E-state index contributed by atoms with van der Waals surface area (Å²) < 4.78 is 11.4. The van der Waals surface area contributed by atoms with Crippen molar-refractivity contribution in [2.45, 2.75) is 50.7 Å². The maximum absolute atomic E-state index is 13.7. The van der Waals surface area contributed by atoms with Crippen LogP contribution >= 0.6 is 0 Å². The van der Waals surface area contributed by atoms with Crippen LogP contribution in [0.3, 0.4) is 0 Å². The number of likely N-dealkylation sites (tertiary alicyclic amines) is 1. The third kappa shape index (κ3) is 4.32. The van der Waals surface area contributed by atoms with Gasteiger partial charge >= 0.3 is 6.09 Å². The van der Waals surface area contributed by atoms with Crippen molar-refractivity contribution in [3.63, 3.8) is 0 Å². The van der Waals surface area contributed by atoms with E-state index in [4.69, 9.17) is 9.47 Å². The predicted octanol–water partition coefficient (Wildman–Crippen LogP) is 2.90. The number of benzene rings is 1. The third-order valence-corrected chi connectivity index (χ3v) is 6.64. The first-order valence-corrected chi connectivity index (χ1v) is 11.3. The molecule has 1 aromatic carbocycles. The first kappa shape index (κ1) is 21.1. The maximum atomic E-state index is 13.7. The molecule has 0 aliphatic carbocycles. The van der Waals surface area contributed by atoms with Gasteiger partial charge in [-0.25, -0.2) is 4.79 Å². The van der Waals surface area contributed by atoms with E-state index in [-0.39, 0.29) is 12.0 Å². The number of hydrogen-bond acceptors (Lipinski definition) is 5. The summed E-state index contributed by atoms with van der Waals surface area (Å²) in [6.07, 6.45) is 4.35. The summed E-state index contributed by atoms with van der Waals surface area (Å²) in [4.78, 5) is 31.8. The van der Waals surface area contributed by atoms with Gasteiger partial charge in [-0.15, -0.1) is 0 Å². The summed E-state index contributed by atoms with van der Waals surface area (Å²) >= 11 is 0. The number of carbonyl (C=O) groups excluding carboxylic acids is 2. The van der Waals surface area contributed by atoms with Crippen LogP contribution in [0.1, 0.15) is 39.0 Å². The monoisotopic (exact) mass is 415 g/mol. The van der Waals surface area contributed by atoms with Crippen LogP contribution in [0, 0.1) is 0 Å². The van der Waals surface area contributed by atoms with E-state index in [2.05, 4.69) is 4.90 Å². The molecular weight excluding hydrogens is 382 g/mol. The Morgan fingerprint density at radius 1 is 1.13 bits per heavy atom. The van der Waals surface area contributed by atoms with Crippen molar-refractivity contribution >= 4 is 17.7 Å². The average molecular weight is 416 g/mol. The molecule has 1 aromatic rings. The van der Waals surface area contributed by atoms with Crippen molar-refractivity contribution in [1.82, 2.24) is 9.80 Å². The van der Waals surface area contributed by atoms with Gasteiger partial charge in [0.1, 0.15) is 0 Å². The average Bonchev–Trinajstić information content (AvgIpc) is 2.94. The molecule has 7 nitrogen and oxygen atoms in total. The summed E-state index contributed by atoms with van der Waals surface area (Å²) in [7, 11) is 0. The SMILES string of the molecule is CCOC(=O)N1CCC(N2CCOC3(CCCCN(c4ccccc4)C3=O)C2)CC1. The Labute approximate surface area is 178 Å². The molecule has 0 N–H and O–H groups in total. The fraction of sp³-hybridized carbons (Fsp3) is 0.652. The van der Waals surface area contributed by atoms with Crippen molar-refractivity contribution in [2.24, 2.45) is 0 Å². The van der Waals surface area contributed by atoms with Crippen molar-refractivity contribution < 1.29 is 19.1 Å². The molecule has 3 heterocycles. The Hall–Kier alpha value is -2.12. The second-order valence-corrected chi connectivity index (χ2v) is 8.48. The van der Waals surface area contributed by atoms with Crippen LogP contribution in [-0.2, 0) is 14.3 Å². The van der Waals surface area contributed by atoms with Gasteiger partial charge in [-0.2, -0.15) is 0 Å². The number of anilines is 1. The largest absolute Gasteiger partial charge is 0.450 e. The molecule has 7 heteroatoms. The van der Waals surface area contributed by atoms with Gasteiger partial charge in [0.05, 0.1) is 13.2 Å². The first-order chi connectivity index (χ1) is 14.6. The van der Waals surface area contributed by atoms with Gasteiger partial charge < -0.3 is 19.3 Å². The van der Waals surface area contributed by atoms with Crippen molar-refractivity contribution in [1.29, 1.82) is 0 Å². The lowest BCUT2D eigenvalue weighted by molar-refractivity contribution is -0.161. The number of amides is 2. The maximum Gasteiger partial charge on any atom is 0.409 e. The molecule has 1 unspecified atom stereocenters. The quantitative estimate of drug-likeness (QED) is 0.760. The van der Waals surface area contributed by atoms with Crippen LogP contribution in [0.15, 0.2) is 30.3 Å². The van der Waals surface area contributed by atoms with Crippen LogP contribution in [0.25, 0.3) is 0 Å². The Kier molecular flexibility index (Phi) is 6.58. The van der Waals surface area contributed by atoms with Crippen LogP contribution in [0.2, 0.25) is 0 Å². The van der Waals surface area contributed by atoms with Gasteiger partial charge in [-0.05, 0) is 51.2 Å². The normalized spacial score (nSPS) is 26.6. The van der Waals surface area contributed by atoms with E-state index in [9.17, 15) is 9.59 Å². The number of morpholine rings is 1. The fourth-order valence-electron chi connectivity index (χ4n) is 5.02. The van der Waals surface area contributed by atoms with Crippen LogP contribution in [-0.4, -0.2) is 79.4 Å². The van der Waals surface area contributed by atoms with Gasteiger partial charge in [0, 0.05) is 44.5 Å². The highest BCUT2D eigenvalue weighted by Crippen LogP contribution is 2.34. The molecule has 3 aliphatic heterocycles. The molecule has 3 saturated heterocycles. The van der Waals surface area contributed by atoms with Gasteiger partial charge in [0.15, 0.2) is 5.60 Å². The van der Waals surface area contributed by atoms with E-state index in [1.165, 1.54) is 0 Å². The smallest absolute Gasteiger partial charge is 0.409 e. The van der Waals surface area contributed by atoms with Crippen molar-refractivity contribution in [3.8, 4) is 0 Å². The number of nitrogens with zero attached hydrogens (tertiary/aromatic N) is 3. The number of para-hydroxylation sites is 1. The van der Waals surface area contributed by atoms with E-state index in [1.807, 2.05) is 42.2 Å². The molecule has 0 aromatic heterocycles. The molecule has 3 aliphatic rings. The Morgan fingerprint density at radius 3 is 2.63 bits per heavy atom. The number of hydrogen-bond donors (Lipinski definition) is 0. The standard InChI is InChI=1S/C23H33N3O4/c1-2-29-22(28)24-14-10-19(11-15-24)25-16-17-30-23(18-25)12-6-7-13-26(21(23)27)20-8-4-3-5-9-20/h3-5,8-9,19H,2,6-7,10-18H2,1H3. The topological polar surface area (TPSA) is 62.3 Å². The van der Waals surface area contributed by atoms with Gasteiger partial charge in [-0.1, -0.05) is 18.2 Å². The molecule has 0 bridgehead atoms. The van der Waals surface area contributed by atoms with Gasteiger partial charge in [0.25, 0.3) is 5.91 Å². The van der Waals surface area contributed by atoms with E-state index in [0.717, 1.165) is 50.9 Å². The molecule has 1 spiro atoms. The zero-order valence-corrected chi connectivity index (χ0v) is 17.9. The summed E-state index contributed by atoms with van der Waals surface area (Å²) in [5.74, 6) is 0.0971. The molecule has 164 valence electrons. The number of carbonyl (C=O) groups is 2. The number of ether oxygens (including phenoxy) is 2. The van der Waals surface area contributed by atoms with E-state index in [0.29, 0.717) is 38.9 Å². The fourth-order valence-corrected chi connectivity index (χ4v) is 5.02. The van der Waals surface area contributed by atoms with Gasteiger partial charge in [0.2, 0.25) is 0 Å². The van der Waals surface area contributed by atoms with Crippen LogP contribution in [0.4, 0.5) is 10.5 Å². The zero-order chi connectivity index (χ0) is 21.0. The van der Waals surface area contributed by atoms with E-state index in [1.54, 1.807) is 4.90 Å². The van der Waals surface area contributed by atoms with E-state index < -0.39 is 5.60 Å². The molecular formula is C23H33N3O4. The minimum Gasteiger partial charge on any atom is -0.450 e. The lowest BCUT2D eigenvalue weighted by atomic mass is 9.92. The summed E-state index contributed by atoms with van der Waals surface area (Å²) in [5, 5.41) is 0. The highest BCUT2D eigenvalue weighted by Gasteiger charge is 2.48.